The minimum absolute atomic E-state index is 0.121. The smallest absolute Gasteiger partial charge is 0.337 e. The van der Waals surface area contributed by atoms with Gasteiger partial charge in [-0.3, -0.25) is 4.57 Å². The number of benzene rings is 1. The molecule has 1 saturated carbocycles. The van der Waals surface area contributed by atoms with Gasteiger partial charge in [0.2, 0.25) is 0 Å². The lowest BCUT2D eigenvalue weighted by atomic mass is 10.0. The summed E-state index contributed by atoms with van der Waals surface area (Å²) < 4.78 is 7.41. The molecule has 1 aliphatic heterocycles. The first kappa shape index (κ1) is 18.1. The second kappa shape index (κ2) is 7.37. The number of hydrogen-bond acceptors (Lipinski definition) is 3. The molecule has 0 spiro atoms. The van der Waals surface area contributed by atoms with Crippen molar-refractivity contribution >= 4 is 23.6 Å². The van der Waals surface area contributed by atoms with Crippen LogP contribution >= 0.6 is 11.6 Å². The molecule has 142 valence electrons. The standard InChI is InChI=1S/C20H21ClN2O4/c21-18-4-2-1-3-14(18)12-27-17-7-15-10-23(11-16(15)8-17)20(26)22-6-5-13(9-22)19(24)25/h1-6,9,15-17H,7-8,10-12H2,(H,24,25)/t15-,16+,17-. The van der Waals surface area contributed by atoms with Crippen LogP contribution < -0.4 is 0 Å². The monoisotopic (exact) mass is 388 g/mol. The number of halogens is 1. The maximum atomic E-state index is 12.6. The highest BCUT2D eigenvalue weighted by Crippen LogP contribution is 2.40. The molecule has 27 heavy (non-hydrogen) atoms. The number of nitrogens with zero attached hydrogens (tertiary/aromatic N) is 2. The number of amides is 1. The molecule has 1 N–H and O–H groups in total. The van der Waals surface area contributed by atoms with Gasteiger partial charge in [0.15, 0.2) is 0 Å². The Hall–Kier alpha value is -2.31. The molecule has 1 amide bonds. The normalized spacial score (nSPS) is 24.2. The molecule has 2 aromatic rings. The first-order valence-electron chi connectivity index (χ1n) is 9.07. The Balaban J connectivity index is 1.31. The highest BCUT2D eigenvalue weighted by molar-refractivity contribution is 6.31. The summed E-state index contributed by atoms with van der Waals surface area (Å²) in [5.74, 6) is -0.169. The molecule has 7 heteroatoms. The fourth-order valence-electron chi connectivity index (χ4n) is 4.17. The van der Waals surface area contributed by atoms with Crippen LogP contribution in [0, 0.1) is 11.8 Å². The zero-order valence-electron chi connectivity index (χ0n) is 14.8. The number of carbonyl (C=O) groups is 2. The Morgan fingerprint density at radius 1 is 1.15 bits per heavy atom. The van der Waals surface area contributed by atoms with E-state index in [2.05, 4.69) is 0 Å². The second-order valence-electron chi connectivity index (χ2n) is 7.32. The number of carbonyl (C=O) groups excluding carboxylic acids is 1. The van der Waals surface area contributed by atoms with Gasteiger partial charge >= 0.3 is 12.0 Å². The van der Waals surface area contributed by atoms with Gasteiger partial charge in [0.25, 0.3) is 0 Å². The van der Waals surface area contributed by atoms with Crippen LogP contribution in [0.4, 0.5) is 4.79 Å². The SMILES string of the molecule is O=C(O)c1ccn(C(=O)N2C[C@H]3C[C@@H](OCc4ccccc4Cl)C[C@H]3C2)c1. The summed E-state index contributed by atoms with van der Waals surface area (Å²) in [7, 11) is 0. The van der Waals surface area contributed by atoms with Gasteiger partial charge in [0, 0.05) is 30.5 Å². The van der Waals surface area contributed by atoms with E-state index < -0.39 is 5.97 Å². The van der Waals surface area contributed by atoms with Crippen molar-refractivity contribution in [2.45, 2.75) is 25.6 Å². The molecule has 0 unspecified atom stereocenters. The molecule has 2 heterocycles. The summed E-state index contributed by atoms with van der Waals surface area (Å²) in [4.78, 5) is 25.4. The molecule has 2 fully saturated rings. The van der Waals surface area contributed by atoms with E-state index in [4.69, 9.17) is 21.4 Å². The van der Waals surface area contributed by atoms with Gasteiger partial charge < -0.3 is 14.7 Å². The Kier molecular flexibility index (Phi) is 4.93. The van der Waals surface area contributed by atoms with Gasteiger partial charge in [0.1, 0.15) is 0 Å². The second-order valence-corrected chi connectivity index (χ2v) is 7.72. The molecule has 2 aliphatic rings. The number of carboxylic acids is 1. The van der Waals surface area contributed by atoms with Crippen LogP contribution in [-0.2, 0) is 11.3 Å². The maximum Gasteiger partial charge on any atom is 0.337 e. The summed E-state index contributed by atoms with van der Waals surface area (Å²) in [5, 5.41) is 9.72. The van der Waals surface area contributed by atoms with Crippen molar-refractivity contribution in [2.24, 2.45) is 11.8 Å². The first-order chi connectivity index (χ1) is 13.0. The van der Waals surface area contributed by atoms with E-state index in [1.54, 1.807) is 0 Å². The molecule has 1 aromatic heterocycles. The topological polar surface area (TPSA) is 71.8 Å². The van der Waals surface area contributed by atoms with Crippen molar-refractivity contribution in [1.29, 1.82) is 0 Å². The molecule has 6 nitrogen and oxygen atoms in total. The van der Waals surface area contributed by atoms with Crippen LogP contribution in [0.1, 0.15) is 28.8 Å². The van der Waals surface area contributed by atoms with E-state index in [-0.39, 0.29) is 17.7 Å². The number of rotatable bonds is 4. The Morgan fingerprint density at radius 2 is 1.85 bits per heavy atom. The number of hydrogen-bond donors (Lipinski definition) is 1. The summed E-state index contributed by atoms with van der Waals surface area (Å²) in [6, 6.07) is 8.97. The number of fused-ring (bicyclic) bond motifs is 1. The molecular weight excluding hydrogens is 368 g/mol. The number of ether oxygens (including phenoxy) is 1. The van der Waals surface area contributed by atoms with Crippen LogP contribution in [-0.4, -0.2) is 45.8 Å². The van der Waals surface area contributed by atoms with E-state index in [0.717, 1.165) is 23.4 Å². The molecule has 4 rings (SSSR count). The van der Waals surface area contributed by atoms with Gasteiger partial charge in [-0.1, -0.05) is 29.8 Å². The quantitative estimate of drug-likeness (QED) is 0.866. The zero-order chi connectivity index (χ0) is 19.0. The lowest BCUT2D eigenvalue weighted by molar-refractivity contribution is 0.0384. The molecule has 1 saturated heterocycles. The van der Waals surface area contributed by atoms with E-state index in [0.29, 0.717) is 31.5 Å². The highest BCUT2D eigenvalue weighted by atomic mass is 35.5. The summed E-state index contributed by atoms with van der Waals surface area (Å²) >= 11 is 6.18. The van der Waals surface area contributed by atoms with Gasteiger partial charge in [0.05, 0.1) is 18.3 Å². The fourth-order valence-corrected chi connectivity index (χ4v) is 4.36. The van der Waals surface area contributed by atoms with Gasteiger partial charge in [-0.25, -0.2) is 9.59 Å². The fraction of sp³-hybridized carbons (Fsp3) is 0.400. The van der Waals surface area contributed by atoms with Crippen LogP contribution in [0.3, 0.4) is 0 Å². The molecule has 1 aliphatic carbocycles. The van der Waals surface area contributed by atoms with Crippen molar-refractivity contribution in [3.63, 3.8) is 0 Å². The van der Waals surface area contributed by atoms with Gasteiger partial charge in [-0.05, 0) is 42.4 Å². The van der Waals surface area contributed by atoms with Crippen molar-refractivity contribution in [3.8, 4) is 0 Å². The first-order valence-corrected chi connectivity index (χ1v) is 9.44. The third-order valence-electron chi connectivity index (χ3n) is 5.57. The van der Waals surface area contributed by atoms with Crippen molar-refractivity contribution in [1.82, 2.24) is 9.47 Å². The van der Waals surface area contributed by atoms with Gasteiger partial charge in [-0.15, -0.1) is 0 Å². The van der Waals surface area contributed by atoms with E-state index >= 15 is 0 Å². The van der Waals surface area contributed by atoms with Crippen LogP contribution in [0.2, 0.25) is 5.02 Å². The lowest BCUT2D eigenvalue weighted by Gasteiger charge is -2.20. The number of carboxylic acid groups (broad SMARTS) is 1. The zero-order valence-corrected chi connectivity index (χ0v) is 15.5. The van der Waals surface area contributed by atoms with E-state index in [1.165, 1.54) is 23.0 Å². The average molecular weight is 389 g/mol. The minimum atomic E-state index is -1.03. The van der Waals surface area contributed by atoms with Crippen molar-refractivity contribution < 1.29 is 19.4 Å². The maximum absolute atomic E-state index is 12.6. The minimum Gasteiger partial charge on any atom is -0.478 e. The lowest BCUT2D eigenvalue weighted by Crippen LogP contribution is -2.33. The average Bonchev–Trinajstić information content (AvgIpc) is 3.35. The van der Waals surface area contributed by atoms with Crippen molar-refractivity contribution in [3.05, 3.63) is 58.9 Å². The number of likely N-dealkylation sites (tertiary alicyclic amines) is 1. The molecular formula is C20H21ClN2O4. The van der Waals surface area contributed by atoms with Gasteiger partial charge in [-0.2, -0.15) is 0 Å². The Bertz CT molecular complexity index is 851. The van der Waals surface area contributed by atoms with E-state index in [9.17, 15) is 9.59 Å². The van der Waals surface area contributed by atoms with Crippen LogP contribution in [0.25, 0.3) is 0 Å². The summed E-state index contributed by atoms with van der Waals surface area (Å²) in [6.07, 6.45) is 4.94. The molecule has 3 atom stereocenters. The predicted molar refractivity (Wildman–Crippen MR) is 100 cm³/mol. The van der Waals surface area contributed by atoms with Crippen molar-refractivity contribution in [2.75, 3.05) is 13.1 Å². The summed E-state index contributed by atoms with van der Waals surface area (Å²) in [5.41, 5.74) is 1.12. The predicted octanol–water partition coefficient (Wildman–Crippen LogP) is 3.74. The number of aromatic carboxylic acids is 1. The summed E-state index contributed by atoms with van der Waals surface area (Å²) in [6.45, 7) is 1.89. The molecule has 0 radical (unpaired) electrons. The van der Waals surface area contributed by atoms with E-state index in [1.807, 2.05) is 29.2 Å². The largest absolute Gasteiger partial charge is 0.478 e. The third-order valence-corrected chi connectivity index (χ3v) is 5.94. The Morgan fingerprint density at radius 3 is 2.48 bits per heavy atom. The van der Waals surface area contributed by atoms with Crippen LogP contribution in [0.15, 0.2) is 42.7 Å². The molecule has 1 aromatic carbocycles. The number of aromatic nitrogens is 1. The highest BCUT2D eigenvalue weighted by Gasteiger charge is 2.43. The third kappa shape index (κ3) is 3.73. The molecule has 0 bridgehead atoms. The van der Waals surface area contributed by atoms with Crippen LogP contribution in [0.5, 0.6) is 0 Å². The Labute approximate surface area is 162 Å².